The number of carbonyl (C=O) groups excluding carboxylic acids is 1. The van der Waals surface area contributed by atoms with Crippen molar-refractivity contribution in [1.29, 1.82) is 0 Å². The van der Waals surface area contributed by atoms with Gasteiger partial charge in [-0.3, -0.25) is 4.79 Å². The normalized spacial score (nSPS) is 10.3. The summed E-state index contributed by atoms with van der Waals surface area (Å²) in [4.78, 5) is 15.5. The molecule has 1 aromatic heterocycles. The van der Waals surface area contributed by atoms with Gasteiger partial charge in [-0.2, -0.15) is 4.39 Å². The molecule has 1 heterocycles. The quantitative estimate of drug-likeness (QED) is 0.839. The van der Waals surface area contributed by atoms with E-state index in [4.69, 9.17) is 0 Å². The highest BCUT2D eigenvalue weighted by Gasteiger charge is 2.10. The van der Waals surface area contributed by atoms with Gasteiger partial charge in [0, 0.05) is 11.9 Å². The van der Waals surface area contributed by atoms with Crippen LogP contribution in [0.1, 0.15) is 27.0 Å². The van der Waals surface area contributed by atoms with Crippen molar-refractivity contribution in [3.8, 4) is 0 Å². The molecule has 2 rings (SSSR count). The topological polar surface area (TPSA) is 42.0 Å². The van der Waals surface area contributed by atoms with Gasteiger partial charge in [0.25, 0.3) is 5.91 Å². The van der Waals surface area contributed by atoms with Crippen molar-refractivity contribution in [2.75, 3.05) is 5.32 Å². The minimum atomic E-state index is -0.598. The second kappa shape index (κ2) is 5.18. The zero-order valence-corrected chi connectivity index (χ0v) is 11.1. The van der Waals surface area contributed by atoms with Gasteiger partial charge >= 0.3 is 0 Å². The Hall–Kier alpha value is -2.23. The highest BCUT2D eigenvalue weighted by atomic mass is 19.1. The number of amides is 1. The van der Waals surface area contributed by atoms with E-state index in [0.717, 1.165) is 22.4 Å². The molecule has 0 aliphatic rings. The zero-order valence-electron chi connectivity index (χ0n) is 11.1. The van der Waals surface area contributed by atoms with Gasteiger partial charge in [0.1, 0.15) is 0 Å². The van der Waals surface area contributed by atoms with Crippen LogP contribution in [0, 0.1) is 26.7 Å². The van der Waals surface area contributed by atoms with E-state index < -0.39 is 5.95 Å². The highest BCUT2D eigenvalue weighted by Crippen LogP contribution is 2.22. The maximum Gasteiger partial charge on any atom is 0.257 e. The summed E-state index contributed by atoms with van der Waals surface area (Å²) in [7, 11) is 0. The maximum absolute atomic E-state index is 12.7. The van der Waals surface area contributed by atoms with E-state index in [-0.39, 0.29) is 5.91 Å². The number of hydrogen-bond donors (Lipinski definition) is 1. The Bertz CT molecular complexity index is 598. The van der Waals surface area contributed by atoms with Crippen molar-refractivity contribution in [3.63, 3.8) is 0 Å². The number of benzene rings is 1. The lowest BCUT2D eigenvalue weighted by Gasteiger charge is -2.12. The molecule has 1 N–H and O–H groups in total. The Morgan fingerprint density at radius 1 is 1.16 bits per heavy atom. The number of aromatic nitrogens is 1. The molecule has 0 spiro atoms. The molecule has 0 saturated heterocycles. The first-order chi connectivity index (χ1) is 8.97. The average Bonchev–Trinajstić information content (AvgIpc) is 2.34. The van der Waals surface area contributed by atoms with Gasteiger partial charge < -0.3 is 5.32 Å². The van der Waals surface area contributed by atoms with Crippen molar-refractivity contribution in [3.05, 3.63) is 58.7 Å². The van der Waals surface area contributed by atoms with Gasteiger partial charge in [-0.1, -0.05) is 17.7 Å². The molecule has 2 aromatic rings. The summed E-state index contributed by atoms with van der Waals surface area (Å²) < 4.78 is 12.7. The first kappa shape index (κ1) is 13.2. The van der Waals surface area contributed by atoms with Crippen molar-refractivity contribution < 1.29 is 9.18 Å². The molecule has 4 heteroatoms. The molecule has 1 aromatic carbocycles. The summed E-state index contributed by atoms with van der Waals surface area (Å²) in [5, 5.41) is 2.84. The van der Waals surface area contributed by atoms with Crippen LogP contribution in [0.2, 0.25) is 0 Å². The predicted octanol–water partition coefficient (Wildman–Crippen LogP) is 3.40. The fourth-order valence-corrected chi connectivity index (χ4v) is 2.07. The summed E-state index contributed by atoms with van der Waals surface area (Å²) in [5.41, 5.74) is 4.28. The van der Waals surface area contributed by atoms with E-state index >= 15 is 0 Å². The summed E-state index contributed by atoms with van der Waals surface area (Å²) in [6, 6.07) is 6.59. The minimum Gasteiger partial charge on any atom is -0.321 e. The lowest BCUT2D eigenvalue weighted by molar-refractivity contribution is 0.102. The number of anilines is 1. The molecule has 3 nitrogen and oxygen atoms in total. The van der Waals surface area contributed by atoms with Crippen LogP contribution in [-0.2, 0) is 0 Å². The molecule has 0 fully saturated rings. The number of aryl methyl sites for hydroxylation is 3. The Morgan fingerprint density at radius 2 is 1.79 bits per heavy atom. The molecule has 98 valence electrons. The smallest absolute Gasteiger partial charge is 0.257 e. The molecule has 1 amide bonds. The van der Waals surface area contributed by atoms with Crippen LogP contribution in [0.5, 0.6) is 0 Å². The van der Waals surface area contributed by atoms with Crippen molar-refractivity contribution in [2.24, 2.45) is 0 Å². The number of nitrogens with zero attached hydrogens (tertiary/aromatic N) is 1. The Morgan fingerprint density at radius 3 is 2.32 bits per heavy atom. The molecule has 0 atom stereocenters. The maximum atomic E-state index is 12.7. The van der Waals surface area contributed by atoms with Gasteiger partial charge in [-0.15, -0.1) is 0 Å². The van der Waals surface area contributed by atoms with Crippen molar-refractivity contribution in [1.82, 2.24) is 4.98 Å². The van der Waals surface area contributed by atoms with Gasteiger partial charge in [0.05, 0.1) is 5.56 Å². The minimum absolute atomic E-state index is 0.289. The van der Waals surface area contributed by atoms with E-state index in [1.807, 2.05) is 32.9 Å². The molecular formula is C15H15FN2O. The standard InChI is InChI=1S/C15H15FN2O/c1-9-6-10(2)14(11(3)7-9)18-15(19)12-4-5-13(16)17-8-12/h4-8H,1-3H3,(H,18,19). The van der Waals surface area contributed by atoms with Crippen LogP contribution in [0.15, 0.2) is 30.5 Å². The highest BCUT2D eigenvalue weighted by molar-refractivity contribution is 6.04. The fraction of sp³-hybridized carbons (Fsp3) is 0.200. The lowest BCUT2D eigenvalue weighted by Crippen LogP contribution is -2.14. The third-order valence-electron chi connectivity index (χ3n) is 2.91. The largest absolute Gasteiger partial charge is 0.321 e. The van der Waals surface area contributed by atoms with Gasteiger partial charge in [-0.25, -0.2) is 4.98 Å². The van der Waals surface area contributed by atoms with E-state index in [2.05, 4.69) is 10.3 Å². The monoisotopic (exact) mass is 258 g/mol. The SMILES string of the molecule is Cc1cc(C)c(NC(=O)c2ccc(F)nc2)c(C)c1. The molecule has 0 aliphatic heterocycles. The number of pyridine rings is 1. The Labute approximate surface area is 111 Å². The number of carbonyl (C=O) groups is 1. The molecule has 19 heavy (non-hydrogen) atoms. The molecule has 0 aliphatic carbocycles. The zero-order chi connectivity index (χ0) is 14.0. The first-order valence-corrected chi connectivity index (χ1v) is 5.98. The Kier molecular flexibility index (Phi) is 3.60. The van der Waals surface area contributed by atoms with Gasteiger partial charge in [0.2, 0.25) is 5.95 Å². The van der Waals surface area contributed by atoms with E-state index in [1.165, 1.54) is 18.3 Å². The number of rotatable bonds is 2. The second-order valence-electron chi connectivity index (χ2n) is 4.60. The van der Waals surface area contributed by atoms with Crippen LogP contribution < -0.4 is 5.32 Å². The molecule has 0 radical (unpaired) electrons. The second-order valence-corrected chi connectivity index (χ2v) is 4.60. The first-order valence-electron chi connectivity index (χ1n) is 5.98. The van der Waals surface area contributed by atoms with Gasteiger partial charge in [0.15, 0.2) is 0 Å². The number of hydrogen-bond acceptors (Lipinski definition) is 2. The molecular weight excluding hydrogens is 243 g/mol. The summed E-state index contributed by atoms with van der Waals surface area (Å²) in [6.45, 7) is 5.90. The van der Waals surface area contributed by atoms with E-state index in [9.17, 15) is 9.18 Å². The third kappa shape index (κ3) is 2.96. The summed E-state index contributed by atoms with van der Waals surface area (Å²) >= 11 is 0. The number of halogens is 1. The Balaban J connectivity index is 2.26. The molecule has 0 saturated carbocycles. The fourth-order valence-electron chi connectivity index (χ4n) is 2.07. The third-order valence-corrected chi connectivity index (χ3v) is 2.91. The van der Waals surface area contributed by atoms with Crippen LogP contribution in [-0.4, -0.2) is 10.9 Å². The van der Waals surface area contributed by atoms with Crippen LogP contribution in [0.4, 0.5) is 10.1 Å². The molecule has 0 bridgehead atoms. The van der Waals surface area contributed by atoms with E-state index in [0.29, 0.717) is 5.56 Å². The van der Waals surface area contributed by atoms with Crippen LogP contribution >= 0.6 is 0 Å². The molecule has 0 unspecified atom stereocenters. The lowest BCUT2D eigenvalue weighted by atomic mass is 10.0. The van der Waals surface area contributed by atoms with E-state index in [1.54, 1.807) is 0 Å². The van der Waals surface area contributed by atoms with Crippen LogP contribution in [0.3, 0.4) is 0 Å². The summed E-state index contributed by atoms with van der Waals surface area (Å²) in [5.74, 6) is -0.887. The van der Waals surface area contributed by atoms with Crippen LogP contribution in [0.25, 0.3) is 0 Å². The average molecular weight is 258 g/mol. The predicted molar refractivity (Wildman–Crippen MR) is 72.8 cm³/mol. The summed E-state index contributed by atoms with van der Waals surface area (Å²) in [6.07, 6.45) is 1.23. The number of nitrogens with one attached hydrogen (secondary N) is 1. The van der Waals surface area contributed by atoms with Gasteiger partial charge in [-0.05, 0) is 44.0 Å². The van der Waals surface area contributed by atoms with Crippen molar-refractivity contribution >= 4 is 11.6 Å². The van der Waals surface area contributed by atoms with Crippen molar-refractivity contribution in [2.45, 2.75) is 20.8 Å².